The average molecular weight is 284 g/mol. The van der Waals surface area contributed by atoms with Gasteiger partial charge in [0.05, 0.1) is 0 Å². The molecule has 3 N–H and O–H groups in total. The highest BCUT2D eigenvalue weighted by atomic mass is 16.2. The number of nitrogens with one attached hydrogen (secondary N) is 1. The summed E-state index contributed by atoms with van der Waals surface area (Å²) in [7, 11) is 2.09. The van der Waals surface area contributed by atoms with Crippen molar-refractivity contribution >= 4 is 5.91 Å². The Morgan fingerprint density at radius 1 is 1.14 bits per heavy atom. The summed E-state index contributed by atoms with van der Waals surface area (Å²) in [4.78, 5) is 17.6. The van der Waals surface area contributed by atoms with E-state index in [-0.39, 0.29) is 5.91 Å². The van der Waals surface area contributed by atoms with Gasteiger partial charge in [-0.05, 0) is 48.9 Å². The minimum absolute atomic E-state index is 0.271. The molecular weight excluding hydrogens is 264 g/mol. The third kappa shape index (κ3) is 4.66. The van der Waals surface area contributed by atoms with E-state index in [1.54, 1.807) is 12.1 Å². The number of hydrogen-bond acceptors (Lipinski definition) is 4. The number of carbonyl (C=O) groups is 1. The Hall–Kier alpha value is -2.24. The number of nitrogens with zero attached hydrogens (tertiary/aromatic N) is 2. The number of hydrazine groups is 1. The Morgan fingerprint density at radius 2 is 1.81 bits per heavy atom. The van der Waals surface area contributed by atoms with Gasteiger partial charge in [0.1, 0.15) is 0 Å². The van der Waals surface area contributed by atoms with Crippen molar-refractivity contribution in [1.82, 2.24) is 15.3 Å². The third-order valence-corrected chi connectivity index (χ3v) is 3.33. The second kappa shape index (κ2) is 7.52. The molecule has 0 aliphatic heterocycles. The fourth-order valence-electron chi connectivity index (χ4n) is 2.11. The minimum Gasteiger partial charge on any atom is -0.302 e. The molecule has 0 spiro atoms. The van der Waals surface area contributed by atoms with Crippen LogP contribution in [0.2, 0.25) is 0 Å². The van der Waals surface area contributed by atoms with Crippen LogP contribution in [0.4, 0.5) is 0 Å². The zero-order valence-electron chi connectivity index (χ0n) is 12.1. The molecule has 0 saturated heterocycles. The second-order valence-corrected chi connectivity index (χ2v) is 5.01. The van der Waals surface area contributed by atoms with Crippen molar-refractivity contribution in [2.45, 2.75) is 13.0 Å². The number of nitrogen functional groups attached to an aromatic ring is 1. The molecule has 0 unspecified atom stereocenters. The van der Waals surface area contributed by atoms with Crippen LogP contribution >= 0.6 is 0 Å². The molecule has 0 saturated carbocycles. The Labute approximate surface area is 124 Å². The number of rotatable bonds is 6. The number of amides is 1. The van der Waals surface area contributed by atoms with Gasteiger partial charge >= 0.3 is 0 Å². The molecule has 1 amide bonds. The van der Waals surface area contributed by atoms with Crippen LogP contribution < -0.4 is 11.3 Å². The topological polar surface area (TPSA) is 71.2 Å². The maximum absolute atomic E-state index is 11.4. The predicted octanol–water partition coefficient (Wildman–Crippen LogP) is 1.36. The molecule has 5 heteroatoms. The molecule has 110 valence electrons. The molecule has 2 aromatic rings. The Morgan fingerprint density at radius 3 is 2.43 bits per heavy atom. The largest absolute Gasteiger partial charge is 0.302 e. The maximum atomic E-state index is 11.4. The van der Waals surface area contributed by atoms with E-state index >= 15 is 0 Å². The van der Waals surface area contributed by atoms with Gasteiger partial charge in [0.25, 0.3) is 5.91 Å². The minimum atomic E-state index is -0.271. The summed E-state index contributed by atoms with van der Waals surface area (Å²) in [5.41, 5.74) is 5.15. The van der Waals surface area contributed by atoms with Gasteiger partial charge in [0.2, 0.25) is 0 Å². The number of pyridine rings is 1. The quantitative estimate of drug-likeness (QED) is 0.477. The first kappa shape index (κ1) is 15.2. The fourth-order valence-corrected chi connectivity index (χ4v) is 2.11. The van der Waals surface area contributed by atoms with Crippen LogP contribution in [0, 0.1) is 0 Å². The van der Waals surface area contributed by atoms with E-state index in [0.717, 1.165) is 19.5 Å². The predicted molar refractivity (Wildman–Crippen MR) is 82.4 cm³/mol. The van der Waals surface area contributed by atoms with Gasteiger partial charge in [0, 0.05) is 31.0 Å². The molecule has 0 bridgehead atoms. The third-order valence-electron chi connectivity index (χ3n) is 3.33. The first-order chi connectivity index (χ1) is 10.2. The van der Waals surface area contributed by atoms with Crippen molar-refractivity contribution in [3.8, 4) is 0 Å². The van der Waals surface area contributed by atoms with Crippen molar-refractivity contribution in [3.63, 3.8) is 0 Å². The molecule has 21 heavy (non-hydrogen) atoms. The van der Waals surface area contributed by atoms with Crippen LogP contribution in [0.15, 0.2) is 48.8 Å². The Kier molecular flexibility index (Phi) is 5.43. The molecule has 5 nitrogen and oxygen atoms in total. The van der Waals surface area contributed by atoms with E-state index in [9.17, 15) is 4.79 Å². The highest BCUT2D eigenvalue weighted by molar-refractivity contribution is 5.93. The van der Waals surface area contributed by atoms with Crippen molar-refractivity contribution in [2.24, 2.45) is 5.84 Å². The monoisotopic (exact) mass is 284 g/mol. The van der Waals surface area contributed by atoms with Crippen LogP contribution in [0.25, 0.3) is 0 Å². The number of carbonyl (C=O) groups excluding carboxylic acids is 1. The number of benzene rings is 1. The maximum Gasteiger partial charge on any atom is 0.265 e. The normalized spacial score (nSPS) is 10.6. The van der Waals surface area contributed by atoms with Crippen molar-refractivity contribution in [3.05, 3.63) is 65.5 Å². The SMILES string of the molecule is CN(CCc1ccncc1)Cc1ccc(C(=O)NN)cc1. The smallest absolute Gasteiger partial charge is 0.265 e. The Balaban J connectivity index is 1.85. The van der Waals surface area contributed by atoms with E-state index in [1.165, 1.54) is 11.1 Å². The number of hydrogen-bond donors (Lipinski definition) is 2. The first-order valence-corrected chi connectivity index (χ1v) is 6.86. The van der Waals surface area contributed by atoms with Gasteiger partial charge in [-0.25, -0.2) is 5.84 Å². The highest BCUT2D eigenvalue weighted by Gasteiger charge is 2.04. The lowest BCUT2D eigenvalue weighted by Gasteiger charge is -2.16. The zero-order valence-corrected chi connectivity index (χ0v) is 12.1. The molecule has 1 aromatic carbocycles. The fraction of sp³-hybridized carbons (Fsp3) is 0.250. The van der Waals surface area contributed by atoms with Gasteiger partial charge in [-0.2, -0.15) is 0 Å². The van der Waals surface area contributed by atoms with E-state index in [4.69, 9.17) is 5.84 Å². The number of nitrogens with two attached hydrogens (primary N) is 1. The summed E-state index contributed by atoms with van der Waals surface area (Å²) in [6.07, 6.45) is 4.62. The molecule has 0 atom stereocenters. The highest BCUT2D eigenvalue weighted by Crippen LogP contribution is 2.07. The van der Waals surface area contributed by atoms with Gasteiger partial charge in [0.15, 0.2) is 0 Å². The number of likely N-dealkylation sites (N-methyl/N-ethyl adjacent to an activating group) is 1. The van der Waals surface area contributed by atoms with Crippen LogP contribution in [0.3, 0.4) is 0 Å². The van der Waals surface area contributed by atoms with Gasteiger partial charge in [-0.1, -0.05) is 12.1 Å². The zero-order chi connectivity index (χ0) is 15.1. The lowest BCUT2D eigenvalue weighted by atomic mass is 10.1. The van der Waals surface area contributed by atoms with Crippen LogP contribution in [-0.4, -0.2) is 29.4 Å². The van der Waals surface area contributed by atoms with Gasteiger partial charge in [-0.15, -0.1) is 0 Å². The summed E-state index contributed by atoms with van der Waals surface area (Å²) in [5.74, 6) is 4.83. The van der Waals surface area contributed by atoms with Crippen molar-refractivity contribution in [1.29, 1.82) is 0 Å². The molecule has 0 fully saturated rings. The average Bonchev–Trinajstić information content (AvgIpc) is 2.54. The molecule has 1 aromatic heterocycles. The summed E-state index contributed by atoms with van der Waals surface area (Å²) in [6.45, 7) is 1.81. The first-order valence-electron chi connectivity index (χ1n) is 6.86. The van der Waals surface area contributed by atoms with Crippen molar-refractivity contribution < 1.29 is 4.79 Å². The summed E-state index contributed by atoms with van der Waals surface area (Å²) >= 11 is 0. The van der Waals surface area contributed by atoms with E-state index in [1.807, 2.05) is 36.7 Å². The lowest BCUT2D eigenvalue weighted by molar-refractivity contribution is 0.0953. The van der Waals surface area contributed by atoms with Crippen LogP contribution in [-0.2, 0) is 13.0 Å². The molecule has 1 heterocycles. The molecule has 0 aliphatic carbocycles. The molecular formula is C16H20N4O. The van der Waals surface area contributed by atoms with Crippen LogP contribution in [0.1, 0.15) is 21.5 Å². The molecule has 0 radical (unpaired) electrons. The van der Waals surface area contributed by atoms with E-state index < -0.39 is 0 Å². The Bertz CT molecular complexity index is 569. The van der Waals surface area contributed by atoms with Crippen LogP contribution in [0.5, 0.6) is 0 Å². The summed E-state index contributed by atoms with van der Waals surface area (Å²) in [6, 6.07) is 11.5. The van der Waals surface area contributed by atoms with Gasteiger partial charge in [-0.3, -0.25) is 15.2 Å². The van der Waals surface area contributed by atoms with E-state index in [2.05, 4.69) is 22.4 Å². The lowest BCUT2D eigenvalue weighted by Crippen LogP contribution is -2.29. The molecule has 2 rings (SSSR count). The summed E-state index contributed by atoms with van der Waals surface area (Å²) < 4.78 is 0. The van der Waals surface area contributed by atoms with E-state index in [0.29, 0.717) is 5.56 Å². The summed E-state index contributed by atoms with van der Waals surface area (Å²) in [5, 5.41) is 0. The second-order valence-electron chi connectivity index (χ2n) is 5.01. The standard InChI is InChI=1S/C16H20N4O/c1-20(11-8-13-6-9-18-10-7-13)12-14-2-4-15(5-3-14)16(21)19-17/h2-7,9-10H,8,11-12,17H2,1H3,(H,19,21). The van der Waals surface area contributed by atoms with Crippen molar-refractivity contribution in [2.75, 3.05) is 13.6 Å². The van der Waals surface area contributed by atoms with Gasteiger partial charge < -0.3 is 4.90 Å². The molecule has 0 aliphatic rings. The number of aromatic nitrogens is 1.